The summed E-state index contributed by atoms with van der Waals surface area (Å²) < 4.78 is 2.01. The minimum absolute atomic E-state index is 0.151. The molecule has 33 heavy (non-hydrogen) atoms. The molecular formula is C28H35N3OS. The Morgan fingerprint density at radius 2 is 1.79 bits per heavy atom. The van der Waals surface area contributed by atoms with E-state index in [1.807, 2.05) is 10.7 Å². The van der Waals surface area contributed by atoms with Crippen LogP contribution in [0.25, 0.3) is 0 Å². The molecule has 2 aromatic carbocycles. The zero-order valence-corrected chi connectivity index (χ0v) is 21.2. The van der Waals surface area contributed by atoms with Gasteiger partial charge in [-0.05, 0) is 62.6 Å². The van der Waals surface area contributed by atoms with Crippen molar-refractivity contribution >= 4 is 23.4 Å². The van der Waals surface area contributed by atoms with Gasteiger partial charge in [0.15, 0.2) is 5.78 Å². The number of Topliss-reactive ketones (excluding diaryl/α,β-unsaturated/α-hetero) is 1. The molecule has 0 saturated carbocycles. The number of nitrogens with zero attached hydrogens (tertiary/aromatic N) is 2. The van der Waals surface area contributed by atoms with Crippen molar-refractivity contribution in [3.05, 3.63) is 77.5 Å². The van der Waals surface area contributed by atoms with E-state index < -0.39 is 0 Å². The highest BCUT2D eigenvalue weighted by molar-refractivity contribution is 7.98. The molecule has 2 heterocycles. The minimum atomic E-state index is -0.181. The quantitative estimate of drug-likeness (QED) is 0.284. The summed E-state index contributed by atoms with van der Waals surface area (Å²) in [6.07, 6.45) is 7.09. The molecule has 174 valence electrons. The van der Waals surface area contributed by atoms with Crippen LogP contribution in [-0.2, 0) is 11.0 Å². The van der Waals surface area contributed by atoms with Crippen LogP contribution in [0.15, 0.2) is 65.7 Å². The van der Waals surface area contributed by atoms with Gasteiger partial charge in [-0.3, -0.25) is 4.79 Å². The van der Waals surface area contributed by atoms with E-state index in [1.165, 1.54) is 16.0 Å². The number of benzene rings is 2. The van der Waals surface area contributed by atoms with Gasteiger partial charge in [-0.25, -0.2) is 4.68 Å². The zero-order chi connectivity index (χ0) is 23.6. The molecule has 1 aromatic heterocycles. The second kappa shape index (κ2) is 9.38. The summed E-state index contributed by atoms with van der Waals surface area (Å²) in [6.45, 7) is 8.79. The first-order chi connectivity index (χ1) is 15.8. The molecule has 1 aliphatic heterocycles. The Bertz CT molecular complexity index is 1100. The van der Waals surface area contributed by atoms with E-state index in [0.717, 1.165) is 25.1 Å². The first-order valence-corrected chi connectivity index (χ1v) is 13.1. The average Bonchev–Trinajstić information content (AvgIpc) is 3.28. The smallest absolute Gasteiger partial charge is 0.169 e. The van der Waals surface area contributed by atoms with Crippen LogP contribution in [0, 0.1) is 0 Å². The standard InChI is InChI=1S/C28H35N3OS/c1-6-28(7-2,21-13-15-22(33-5)16-14-21)18-25(32)23-19-29-31-26(23)30-24(17-27(31,3)4)20-11-9-8-10-12-20/h8-16,19,24,30H,6-7,17-18H2,1-5H3/t24-/m1/s1. The molecule has 0 bridgehead atoms. The molecule has 5 heteroatoms. The molecule has 1 atom stereocenters. The minimum Gasteiger partial charge on any atom is -0.363 e. The van der Waals surface area contributed by atoms with E-state index in [4.69, 9.17) is 0 Å². The SMILES string of the molecule is CCC(CC)(CC(=O)c1cnn2c1N[C@@H](c1ccccc1)CC2(C)C)c1ccc(SC)cc1. The summed E-state index contributed by atoms with van der Waals surface area (Å²) in [4.78, 5) is 15.0. The maximum Gasteiger partial charge on any atom is 0.169 e. The van der Waals surface area contributed by atoms with Crippen LogP contribution in [0.4, 0.5) is 5.82 Å². The lowest BCUT2D eigenvalue weighted by Crippen LogP contribution is -2.38. The summed E-state index contributed by atoms with van der Waals surface area (Å²) in [5.74, 6) is 1.01. The monoisotopic (exact) mass is 461 g/mol. The van der Waals surface area contributed by atoms with E-state index in [-0.39, 0.29) is 22.8 Å². The largest absolute Gasteiger partial charge is 0.363 e. The third-order valence-electron chi connectivity index (χ3n) is 7.41. The van der Waals surface area contributed by atoms with Crippen molar-refractivity contribution in [3.63, 3.8) is 0 Å². The Kier molecular flexibility index (Phi) is 6.71. The molecule has 4 rings (SSSR count). The molecule has 3 aromatic rings. The number of carbonyl (C=O) groups excluding carboxylic acids is 1. The highest BCUT2D eigenvalue weighted by Crippen LogP contribution is 2.42. The predicted molar refractivity (Wildman–Crippen MR) is 138 cm³/mol. The number of fused-ring (bicyclic) bond motifs is 1. The molecule has 0 aliphatic carbocycles. The summed E-state index contributed by atoms with van der Waals surface area (Å²) in [5, 5.41) is 8.32. The third-order valence-corrected chi connectivity index (χ3v) is 8.16. The number of rotatable bonds is 8. The van der Waals surface area contributed by atoms with Crippen LogP contribution in [0.5, 0.6) is 0 Å². The summed E-state index contributed by atoms with van der Waals surface area (Å²) in [7, 11) is 0. The van der Waals surface area contributed by atoms with E-state index >= 15 is 0 Å². The van der Waals surface area contributed by atoms with Gasteiger partial charge in [0.25, 0.3) is 0 Å². The van der Waals surface area contributed by atoms with Crippen LogP contribution >= 0.6 is 11.8 Å². The van der Waals surface area contributed by atoms with Crippen molar-refractivity contribution in [2.45, 2.75) is 75.3 Å². The van der Waals surface area contributed by atoms with Crippen molar-refractivity contribution < 1.29 is 4.79 Å². The van der Waals surface area contributed by atoms with Crippen molar-refractivity contribution in [2.75, 3.05) is 11.6 Å². The fourth-order valence-corrected chi connectivity index (χ4v) is 5.60. The van der Waals surface area contributed by atoms with Crippen molar-refractivity contribution in [1.82, 2.24) is 9.78 Å². The van der Waals surface area contributed by atoms with Gasteiger partial charge in [0.1, 0.15) is 5.82 Å². The molecule has 0 unspecified atom stereocenters. The molecule has 4 nitrogen and oxygen atoms in total. The lowest BCUT2D eigenvalue weighted by molar-refractivity contribution is 0.0944. The van der Waals surface area contributed by atoms with E-state index in [1.54, 1.807) is 18.0 Å². The van der Waals surface area contributed by atoms with Crippen molar-refractivity contribution in [2.24, 2.45) is 0 Å². The highest BCUT2D eigenvalue weighted by atomic mass is 32.2. The summed E-state index contributed by atoms with van der Waals surface area (Å²) >= 11 is 1.74. The second-order valence-electron chi connectivity index (χ2n) is 9.76. The van der Waals surface area contributed by atoms with Crippen LogP contribution in [-0.4, -0.2) is 21.8 Å². The number of ketones is 1. The number of anilines is 1. The molecular weight excluding hydrogens is 426 g/mol. The number of carbonyl (C=O) groups is 1. The Morgan fingerprint density at radius 3 is 2.39 bits per heavy atom. The molecule has 1 aliphatic rings. The van der Waals surface area contributed by atoms with Crippen LogP contribution < -0.4 is 5.32 Å². The van der Waals surface area contributed by atoms with Gasteiger partial charge in [-0.2, -0.15) is 5.10 Å². The van der Waals surface area contributed by atoms with Gasteiger partial charge in [0, 0.05) is 16.7 Å². The van der Waals surface area contributed by atoms with E-state index in [2.05, 4.69) is 92.9 Å². The number of nitrogens with one attached hydrogen (secondary N) is 1. The Labute approximate surface area is 202 Å². The number of hydrogen-bond acceptors (Lipinski definition) is 4. The van der Waals surface area contributed by atoms with Gasteiger partial charge in [-0.15, -0.1) is 11.8 Å². The van der Waals surface area contributed by atoms with Crippen LogP contribution in [0.2, 0.25) is 0 Å². The van der Waals surface area contributed by atoms with Crippen molar-refractivity contribution in [3.8, 4) is 0 Å². The number of aromatic nitrogens is 2. The normalized spacial score (nSPS) is 17.3. The lowest BCUT2D eigenvalue weighted by Gasteiger charge is -2.38. The fourth-order valence-electron chi connectivity index (χ4n) is 5.20. The van der Waals surface area contributed by atoms with Gasteiger partial charge < -0.3 is 5.32 Å². The zero-order valence-electron chi connectivity index (χ0n) is 20.4. The summed E-state index contributed by atoms with van der Waals surface area (Å²) in [5.41, 5.74) is 2.83. The van der Waals surface area contributed by atoms with Crippen LogP contribution in [0.1, 0.15) is 80.9 Å². The average molecular weight is 462 g/mol. The van der Waals surface area contributed by atoms with Crippen molar-refractivity contribution in [1.29, 1.82) is 0 Å². The molecule has 0 fully saturated rings. The molecule has 0 saturated heterocycles. The van der Waals surface area contributed by atoms with E-state index in [9.17, 15) is 4.79 Å². The van der Waals surface area contributed by atoms with Gasteiger partial charge >= 0.3 is 0 Å². The number of hydrogen-bond donors (Lipinski definition) is 1. The third kappa shape index (κ3) is 4.48. The topological polar surface area (TPSA) is 46.9 Å². The first kappa shape index (κ1) is 23.6. The lowest BCUT2D eigenvalue weighted by atomic mass is 9.71. The number of thioether (sulfide) groups is 1. The highest BCUT2D eigenvalue weighted by Gasteiger charge is 2.38. The fraction of sp³-hybridized carbons (Fsp3) is 0.429. The van der Waals surface area contributed by atoms with Gasteiger partial charge in [-0.1, -0.05) is 56.3 Å². The van der Waals surface area contributed by atoms with Crippen LogP contribution in [0.3, 0.4) is 0 Å². The maximum atomic E-state index is 13.8. The van der Waals surface area contributed by atoms with E-state index in [0.29, 0.717) is 12.0 Å². The predicted octanol–water partition coefficient (Wildman–Crippen LogP) is 7.23. The second-order valence-corrected chi connectivity index (χ2v) is 10.6. The Hall–Kier alpha value is -2.53. The maximum absolute atomic E-state index is 13.8. The Morgan fingerprint density at radius 1 is 1.12 bits per heavy atom. The van der Waals surface area contributed by atoms with Gasteiger partial charge in [0.2, 0.25) is 0 Å². The van der Waals surface area contributed by atoms with Gasteiger partial charge in [0.05, 0.1) is 23.3 Å². The summed E-state index contributed by atoms with van der Waals surface area (Å²) in [6, 6.07) is 19.4. The molecule has 0 radical (unpaired) electrons. The molecule has 0 amide bonds. The molecule has 0 spiro atoms. The Balaban J connectivity index is 1.66. The molecule has 1 N–H and O–H groups in total. The first-order valence-electron chi connectivity index (χ1n) is 11.9.